The van der Waals surface area contributed by atoms with Gasteiger partial charge in [0.15, 0.2) is 0 Å². The van der Waals surface area contributed by atoms with Crippen molar-refractivity contribution in [3.05, 3.63) is 42.6 Å². The molecule has 0 N–H and O–H groups in total. The Labute approximate surface area is 95.4 Å². The number of fused-ring (bicyclic) bond motifs is 1. The Balaban J connectivity index is 1.98. The predicted molar refractivity (Wildman–Crippen MR) is 61.1 cm³/mol. The molecular weight excluding hydrogens is 222 g/mol. The summed E-state index contributed by atoms with van der Waals surface area (Å²) in [5, 5.41) is 0. The van der Waals surface area contributed by atoms with Gasteiger partial charge in [-0.1, -0.05) is 24.8 Å². The summed E-state index contributed by atoms with van der Waals surface area (Å²) in [5.41, 5.74) is 0.772. The summed E-state index contributed by atoms with van der Waals surface area (Å²) < 4.78 is 26.0. The minimum atomic E-state index is -3.36. The normalized spacial score (nSPS) is 28.0. The van der Waals surface area contributed by atoms with Gasteiger partial charge in [-0.05, 0) is 24.5 Å². The molecule has 0 spiro atoms. The molecule has 2 atom stereocenters. The maximum absolute atomic E-state index is 12.3. The van der Waals surface area contributed by atoms with Crippen LogP contribution in [-0.2, 0) is 10.0 Å². The largest absolute Gasteiger partial charge is 0.270 e. The first-order valence-corrected chi connectivity index (χ1v) is 6.81. The zero-order valence-corrected chi connectivity index (χ0v) is 9.65. The van der Waals surface area contributed by atoms with Gasteiger partial charge in [-0.15, -0.1) is 0 Å². The molecule has 1 aromatic rings. The van der Waals surface area contributed by atoms with Crippen LogP contribution in [0.15, 0.2) is 47.5 Å². The van der Waals surface area contributed by atoms with Gasteiger partial charge in [-0.2, -0.15) is 0 Å². The molecule has 0 radical (unpaired) electrons. The fourth-order valence-electron chi connectivity index (χ4n) is 2.34. The fraction of sp³-hybridized carbons (Fsp3) is 0.333. The summed E-state index contributed by atoms with van der Waals surface area (Å²) in [6, 6.07) is 8.56. The highest BCUT2D eigenvalue weighted by atomic mass is 32.2. The molecule has 1 aliphatic carbocycles. The SMILES string of the molecule is C=C1C2CC2CN1S(=O)(=O)c1ccccc1. The molecule has 0 aromatic heterocycles. The van der Waals surface area contributed by atoms with Gasteiger partial charge in [0.2, 0.25) is 0 Å². The number of benzene rings is 1. The number of nitrogens with zero attached hydrogens (tertiary/aromatic N) is 1. The van der Waals surface area contributed by atoms with Gasteiger partial charge in [-0.25, -0.2) is 8.42 Å². The Morgan fingerprint density at radius 2 is 1.94 bits per heavy atom. The average molecular weight is 235 g/mol. The Bertz CT molecular complexity index is 535. The van der Waals surface area contributed by atoms with Crippen LogP contribution in [0.25, 0.3) is 0 Å². The monoisotopic (exact) mass is 235 g/mol. The van der Waals surface area contributed by atoms with Crippen LogP contribution in [0.1, 0.15) is 6.42 Å². The van der Waals surface area contributed by atoms with E-state index in [0.29, 0.717) is 23.3 Å². The van der Waals surface area contributed by atoms with Crippen LogP contribution in [0.4, 0.5) is 0 Å². The van der Waals surface area contributed by atoms with Crippen LogP contribution in [0.2, 0.25) is 0 Å². The molecule has 2 aliphatic rings. The van der Waals surface area contributed by atoms with Crippen LogP contribution in [0.3, 0.4) is 0 Å². The van der Waals surface area contributed by atoms with Gasteiger partial charge < -0.3 is 0 Å². The third kappa shape index (κ3) is 1.29. The van der Waals surface area contributed by atoms with Gasteiger partial charge in [0.25, 0.3) is 10.0 Å². The lowest BCUT2D eigenvalue weighted by Crippen LogP contribution is -2.28. The Hall–Kier alpha value is -1.29. The van der Waals surface area contributed by atoms with Gasteiger partial charge in [-0.3, -0.25) is 4.31 Å². The Morgan fingerprint density at radius 3 is 2.50 bits per heavy atom. The second kappa shape index (κ2) is 3.10. The van der Waals surface area contributed by atoms with Gasteiger partial charge in [0.1, 0.15) is 0 Å². The first kappa shape index (κ1) is 9.90. The molecule has 1 heterocycles. The molecule has 0 amide bonds. The number of hydrogen-bond acceptors (Lipinski definition) is 2. The smallest absolute Gasteiger partial charge is 0.264 e. The highest BCUT2D eigenvalue weighted by Crippen LogP contribution is 2.52. The minimum absolute atomic E-state index is 0.359. The summed E-state index contributed by atoms with van der Waals surface area (Å²) in [5.74, 6) is 0.935. The van der Waals surface area contributed by atoms with Crippen molar-refractivity contribution in [1.82, 2.24) is 4.31 Å². The number of hydrogen-bond donors (Lipinski definition) is 0. The van der Waals surface area contributed by atoms with Crippen molar-refractivity contribution >= 4 is 10.0 Å². The van der Waals surface area contributed by atoms with Crippen molar-refractivity contribution in [2.75, 3.05) is 6.54 Å². The molecule has 1 aromatic carbocycles. The molecule has 3 rings (SSSR count). The third-order valence-corrected chi connectivity index (χ3v) is 5.23. The molecule has 1 saturated carbocycles. The molecule has 1 aliphatic heterocycles. The highest BCUT2D eigenvalue weighted by molar-refractivity contribution is 7.89. The van der Waals surface area contributed by atoms with Crippen LogP contribution in [0.5, 0.6) is 0 Å². The number of allylic oxidation sites excluding steroid dienone is 1. The second-order valence-corrected chi connectivity index (χ2v) is 6.31. The molecule has 3 nitrogen and oxygen atoms in total. The molecular formula is C12H13NO2S. The van der Waals surface area contributed by atoms with Gasteiger partial charge in [0.05, 0.1) is 4.90 Å². The maximum Gasteiger partial charge on any atom is 0.264 e. The molecule has 2 unspecified atom stereocenters. The highest BCUT2D eigenvalue weighted by Gasteiger charge is 2.51. The zero-order valence-electron chi connectivity index (χ0n) is 8.83. The predicted octanol–water partition coefficient (Wildman–Crippen LogP) is 1.84. The van der Waals surface area contributed by atoms with Crippen LogP contribution >= 0.6 is 0 Å². The Morgan fingerprint density at radius 1 is 1.25 bits per heavy atom. The number of sulfonamides is 1. The minimum Gasteiger partial charge on any atom is -0.270 e. The molecule has 4 heteroatoms. The van der Waals surface area contributed by atoms with Gasteiger partial charge >= 0.3 is 0 Å². The molecule has 0 bridgehead atoms. The Kier molecular flexibility index (Phi) is 1.92. The van der Waals surface area contributed by atoms with E-state index < -0.39 is 10.0 Å². The third-order valence-electron chi connectivity index (χ3n) is 3.40. The molecule has 2 fully saturated rings. The van der Waals surface area contributed by atoms with E-state index in [9.17, 15) is 8.42 Å². The lowest BCUT2D eigenvalue weighted by Gasteiger charge is -2.21. The fourth-order valence-corrected chi connectivity index (χ4v) is 3.93. The summed E-state index contributed by atoms with van der Waals surface area (Å²) in [6.07, 6.45) is 1.11. The van der Waals surface area contributed by atoms with E-state index >= 15 is 0 Å². The lowest BCUT2D eigenvalue weighted by molar-refractivity contribution is 0.487. The van der Waals surface area contributed by atoms with E-state index in [1.54, 1.807) is 24.3 Å². The summed E-state index contributed by atoms with van der Waals surface area (Å²) in [7, 11) is -3.36. The van der Waals surface area contributed by atoms with Crippen molar-refractivity contribution in [3.63, 3.8) is 0 Å². The van der Waals surface area contributed by atoms with Crippen molar-refractivity contribution < 1.29 is 8.42 Å². The first-order chi connectivity index (χ1) is 7.60. The van der Waals surface area contributed by atoms with E-state index in [0.717, 1.165) is 12.1 Å². The number of piperidine rings is 1. The first-order valence-electron chi connectivity index (χ1n) is 5.37. The summed E-state index contributed by atoms with van der Waals surface area (Å²) >= 11 is 0. The summed E-state index contributed by atoms with van der Waals surface area (Å²) in [4.78, 5) is 0.359. The van der Waals surface area contributed by atoms with E-state index in [4.69, 9.17) is 0 Å². The van der Waals surface area contributed by atoms with E-state index in [1.807, 2.05) is 6.07 Å². The molecule has 1 saturated heterocycles. The molecule has 84 valence electrons. The van der Waals surface area contributed by atoms with Gasteiger partial charge in [0, 0.05) is 18.2 Å². The standard InChI is InChI=1S/C12H13NO2S/c1-9-12-7-10(12)8-13(9)16(14,15)11-5-3-2-4-6-11/h2-6,10,12H,1,7-8H2. The van der Waals surface area contributed by atoms with Crippen LogP contribution in [-0.4, -0.2) is 19.3 Å². The zero-order chi connectivity index (χ0) is 11.3. The van der Waals surface area contributed by atoms with E-state index in [2.05, 4.69) is 6.58 Å². The lowest BCUT2D eigenvalue weighted by atomic mass is 10.3. The average Bonchev–Trinajstić information content (AvgIpc) is 2.99. The van der Waals surface area contributed by atoms with Crippen molar-refractivity contribution in [2.45, 2.75) is 11.3 Å². The van der Waals surface area contributed by atoms with Crippen molar-refractivity contribution in [1.29, 1.82) is 0 Å². The summed E-state index contributed by atoms with van der Waals surface area (Å²) in [6.45, 7) is 4.51. The molecule has 16 heavy (non-hydrogen) atoms. The topological polar surface area (TPSA) is 37.4 Å². The quantitative estimate of drug-likeness (QED) is 0.784. The van der Waals surface area contributed by atoms with E-state index in [-0.39, 0.29) is 0 Å². The van der Waals surface area contributed by atoms with Crippen LogP contribution in [0, 0.1) is 11.8 Å². The number of rotatable bonds is 2. The van der Waals surface area contributed by atoms with Crippen molar-refractivity contribution in [2.24, 2.45) is 11.8 Å². The second-order valence-electron chi connectivity index (χ2n) is 4.44. The van der Waals surface area contributed by atoms with E-state index in [1.165, 1.54) is 4.31 Å². The maximum atomic E-state index is 12.3. The van der Waals surface area contributed by atoms with Crippen LogP contribution < -0.4 is 0 Å². The van der Waals surface area contributed by atoms with Crippen molar-refractivity contribution in [3.8, 4) is 0 Å².